The Morgan fingerprint density at radius 2 is 2.00 bits per heavy atom. The number of aliphatic hydroxyl groups is 1. The van der Waals surface area contributed by atoms with E-state index < -0.39 is 5.60 Å². The van der Waals surface area contributed by atoms with Crippen LogP contribution in [0.15, 0.2) is 24.3 Å². The lowest BCUT2D eigenvalue weighted by Gasteiger charge is -2.18. The maximum atomic E-state index is 11.6. The van der Waals surface area contributed by atoms with Gasteiger partial charge in [-0.3, -0.25) is 4.79 Å². The highest BCUT2D eigenvalue weighted by molar-refractivity contribution is 5.97. The summed E-state index contributed by atoms with van der Waals surface area (Å²) < 4.78 is 0. The molecule has 0 fully saturated rings. The quantitative estimate of drug-likeness (QED) is 0.820. The smallest absolute Gasteiger partial charge is 0.255 e. The molecule has 16 heavy (non-hydrogen) atoms. The Hall–Kier alpha value is -1.35. The predicted octanol–water partition coefficient (Wildman–Crippen LogP) is 2.35. The van der Waals surface area contributed by atoms with E-state index >= 15 is 0 Å². The highest BCUT2D eigenvalue weighted by Gasteiger charge is 2.24. The van der Waals surface area contributed by atoms with Gasteiger partial charge in [0.2, 0.25) is 0 Å². The number of amides is 1. The third-order valence-electron chi connectivity index (χ3n) is 2.34. The molecular formula is C13H19NO2. The van der Waals surface area contributed by atoms with Crippen LogP contribution in [0.25, 0.3) is 0 Å². The number of benzene rings is 1. The van der Waals surface area contributed by atoms with E-state index in [0.29, 0.717) is 0 Å². The zero-order valence-corrected chi connectivity index (χ0v) is 10.1. The van der Waals surface area contributed by atoms with E-state index in [9.17, 15) is 9.90 Å². The zero-order chi connectivity index (χ0) is 12.2. The highest BCUT2D eigenvalue weighted by atomic mass is 16.3. The molecule has 3 nitrogen and oxygen atoms in total. The van der Waals surface area contributed by atoms with Gasteiger partial charge in [-0.2, -0.15) is 0 Å². The number of rotatable bonds is 4. The summed E-state index contributed by atoms with van der Waals surface area (Å²) in [5, 5.41) is 12.3. The number of hydrogen-bond acceptors (Lipinski definition) is 2. The molecule has 3 heteroatoms. The largest absolute Gasteiger partial charge is 0.381 e. The molecule has 88 valence electrons. The van der Waals surface area contributed by atoms with E-state index in [1.807, 2.05) is 24.3 Å². The minimum atomic E-state index is -1.35. The molecule has 0 aliphatic heterocycles. The van der Waals surface area contributed by atoms with Gasteiger partial charge in [0, 0.05) is 5.69 Å². The van der Waals surface area contributed by atoms with E-state index in [4.69, 9.17) is 0 Å². The molecule has 1 aromatic rings. The Labute approximate surface area is 96.5 Å². The molecule has 0 aliphatic rings. The van der Waals surface area contributed by atoms with Crippen molar-refractivity contribution in [2.45, 2.75) is 39.2 Å². The summed E-state index contributed by atoms with van der Waals surface area (Å²) in [6.07, 6.45) is 1.94. The molecule has 0 saturated heterocycles. The van der Waals surface area contributed by atoms with Crippen LogP contribution in [-0.2, 0) is 11.2 Å². The standard InChI is InChI=1S/C13H19NO2/c1-4-7-10-8-5-6-9-11(10)14-12(15)13(2,3)16/h5-6,8-9,16H,4,7H2,1-3H3,(H,14,15). The van der Waals surface area contributed by atoms with Crippen LogP contribution in [-0.4, -0.2) is 16.6 Å². The van der Waals surface area contributed by atoms with E-state index in [0.717, 1.165) is 24.1 Å². The molecular weight excluding hydrogens is 202 g/mol. The lowest BCUT2D eigenvalue weighted by molar-refractivity contribution is -0.130. The Morgan fingerprint density at radius 1 is 1.38 bits per heavy atom. The molecule has 0 unspecified atom stereocenters. The van der Waals surface area contributed by atoms with Gasteiger partial charge in [-0.15, -0.1) is 0 Å². The fourth-order valence-electron chi connectivity index (χ4n) is 1.40. The van der Waals surface area contributed by atoms with Gasteiger partial charge < -0.3 is 10.4 Å². The van der Waals surface area contributed by atoms with Crippen molar-refractivity contribution in [3.05, 3.63) is 29.8 Å². The predicted molar refractivity (Wildman–Crippen MR) is 65.4 cm³/mol. The molecule has 1 aromatic carbocycles. The average Bonchev–Trinajstić information content (AvgIpc) is 2.20. The number of hydrogen-bond donors (Lipinski definition) is 2. The molecule has 0 spiro atoms. The van der Waals surface area contributed by atoms with Crippen LogP contribution in [0.4, 0.5) is 5.69 Å². The molecule has 0 heterocycles. The number of aryl methyl sites for hydroxylation is 1. The summed E-state index contributed by atoms with van der Waals surface area (Å²) in [4.78, 5) is 11.6. The van der Waals surface area contributed by atoms with Crippen molar-refractivity contribution in [2.75, 3.05) is 5.32 Å². The van der Waals surface area contributed by atoms with Gasteiger partial charge in [-0.1, -0.05) is 31.5 Å². The van der Waals surface area contributed by atoms with Crippen LogP contribution >= 0.6 is 0 Å². The van der Waals surface area contributed by atoms with Crippen LogP contribution in [0.1, 0.15) is 32.8 Å². The Balaban J connectivity index is 2.84. The second kappa shape index (κ2) is 5.12. The van der Waals surface area contributed by atoms with Crippen molar-refractivity contribution >= 4 is 11.6 Å². The number of para-hydroxylation sites is 1. The number of carbonyl (C=O) groups is 1. The first-order valence-electron chi connectivity index (χ1n) is 5.57. The van der Waals surface area contributed by atoms with Gasteiger partial charge in [-0.25, -0.2) is 0 Å². The van der Waals surface area contributed by atoms with E-state index in [1.165, 1.54) is 13.8 Å². The zero-order valence-electron chi connectivity index (χ0n) is 10.1. The Kier molecular flexibility index (Phi) is 4.07. The van der Waals surface area contributed by atoms with Gasteiger partial charge >= 0.3 is 0 Å². The SMILES string of the molecule is CCCc1ccccc1NC(=O)C(C)(C)O. The Morgan fingerprint density at radius 3 is 2.56 bits per heavy atom. The van der Waals surface area contributed by atoms with E-state index in [1.54, 1.807) is 0 Å². The molecule has 0 saturated carbocycles. The molecule has 0 atom stereocenters. The lowest BCUT2D eigenvalue weighted by atomic mass is 10.1. The van der Waals surface area contributed by atoms with Crippen molar-refractivity contribution in [2.24, 2.45) is 0 Å². The van der Waals surface area contributed by atoms with Gasteiger partial charge in [0.25, 0.3) is 5.91 Å². The topological polar surface area (TPSA) is 49.3 Å². The van der Waals surface area contributed by atoms with Crippen molar-refractivity contribution in [1.29, 1.82) is 0 Å². The van der Waals surface area contributed by atoms with Gasteiger partial charge in [0.05, 0.1) is 0 Å². The second-order valence-corrected chi connectivity index (χ2v) is 4.42. The van der Waals surface area contributed by atoms with Crippen LogP contribution in [0.2, 0.25) is 0 Å². The average molecular weight is 221 g/mol. The van der Waals surface area contributed by atoms with Crippen molar-refractivity contribution in [3.8, 4) is 0 Å². The van der Waals surface area contributed by atoms with Gasteiger partial charge in [0.15, 0.2) is 0 Å². The minimum Gasteiger partial charge on any atom is -0.381 e. The van der Waals surface area contributed by atoms with Gasteiger partial charge in [-0.05, 0) is 31.9 Å². The highest BCUT2D eigenvalue weighted by Crippen LogP contribution is 2.18. The summed E-state index contributed by atoms with van der Waals surface area (Å²) >= 11 is 0. The van der Waals surface area contributed by atoms with Crippen molar-refractivity contribution < 1.29 is 9.90 Å². The number of carbonyl (C=O) groups excluding carboxylic acids is 1. The van der Waals surface area contributed by atoms with E-state index in [2.05, 4.69) is 12.2 Å². The Bertz CT molecular complexity index is 366. The fraction of sp³-hybridized carbons (Fsp3) is 0.462. The van der Waals surface area contributed by atoms with Gasteiger partial charge in [0.1, 0.15) is 5.60 Å². The molecule has 1 rings (SSSR count). The summed E-state index contributed by atoms with van der Waals surface area (Å²) in [6, 6.07) is 7.67. The monoisotopic (exact) mass is 221 g/mol. The maximum Gasteiger partial charge on any atom is 0.255 e. The van der Waals surface area contributed by atoms with Crippen LogP contribution in [0.3, 0.4) is 0 Å². The van der Waals surface area contributed by atoms with Crippen LogP contribution in [0, 0.1) is 0 Å². The van der Waals surface area contributed by atoms with Crippen molar-refractivity contribution in [1.82, 2.24) is 0 Å². The molecule has 2 N–H and O–H groups in total. The first kappa shape index (κ1) is 12.7. The number of anilines is 1. The third-order valence-corrected chi connectivity index (χ3v) is 2.34. The fourth-order valence-corrected chi connectivity index (χ4v) is 1.40. The third kappa shape index (κ3) is 3.35. The van der Waals surface area contributed by atoms with Crippen LogP contribution < -0.4 is 5.32 Å². The minimum absolute atomic E-state index is 0.379. The van der Waals surface area contributed by atoms with Crippen molar-refractivity contribution in [3.63, 3.8) is 0 Å². The van der Waals surface area contributed by atoms with E-state index in [-0.39, 0.29) is 5.91 Å². The van der Waals surface area contributed by atoms with Crippen LogP contribution in [0.5, 0.6) is 0 Å². The first-order chi connectivity index (χ1) is 7.45. The summed E-state index contributed by atoms with van der Waals surface area (Å²) in [6.45, 7) is 5.05. The first-order valence-corrected chi connectivity index (χ1v) is 5.57. The maximum absolute atomic E-state index is 11.6. The number of nitrogens with one attached hydrogen (secondary N) is 1. The molecule has 0 aromatic heterocycles. The molecule has 0 radical (unpaired) electrons. The summed E-state index contributed by atoms with van der Waals surface area (Å²) in [7, 11) is 0. The molecule has 1 amide bonds. The molecule has 0 aliphatic carbocycles. The normalized spacial score (nSPS) is 11.2. The summed E-state index contributed by atoms with van der Waals surface area (Å²) in [5.41, 5.74) is 0.540. The summed E-state index contributed by atoms with van der Waals surface area (Å²) in [5.74, 6) is -0.379. The second-order valence-electron chi connectivity index (χ2n) is 4.42. The molecule has 0 bridgehead atoms. The lowest BCUT2D eigenvalue weighted by Crippen LogP contribution is -2.36.